The van der Waals surface area contributed by atoms with E-state index in [0.29, 0.717) is 4.47 Å². The van der Waals surface area contributed by atoms with Gasteiger partial charge >= 0.3 is 0 Å². The summed E-state index contributed by atoms with van der Waals surface area (Å²) in [6.45, 7) is 7.21. The Labute approximate surface area is 122 Å². The predicted molar refractivity (Wildman–Crippen MR) is 82.2 cm³/mol. The van der Waals surface area contributed by atoms with Crippen molar-refractivity contribution in [2.75, 3.05) is 6.54 Å². The van der Waals surface area contributed by atoms with Crippen LogP contribution in [-0.2, 0) is 0 Å². The number of halogens is 1. The first kappa shape index (κ1) is 15.9. The van der Waals surface area contributed by atoms with Crippen molar-refractivity contribution in [3.63, 3.8) is 0 Å². The summed E-state index contributed by atoms with van der Waals surface area (Å²) < 4.78 is 0.504. The summed E-state index contributed by atoms with van der Waals surface area (Å²) in [5.74, 6) is 0. The van der Waals surface area contributed by atoms with Crippen LogP contribution in [0.5, 0.6) is 0 Å². The molecule has 1 N–H and O–H groups in total. The van der Waals surface area contributed by atoms with Crippen molar-refractivity contribution in [3.05, 3.63) is 43.9 Å². The quantitative estimate of drug-likeness (QED) is 0.631. The highest BCUT2D eigenvalue weighted by Crippen LogP contribution is 2.26. The molecule has 104 valence electrons. The summed E-state index contributed by atoms with van der Waals surface area (Å²) >= 11 is 3.19. The number of nitrogens with one attached hydrogen (secondary N) is 1. The number of benzene rings is 1. The molecular weight excluding hydrogens is 308 g/mol. The molecule has 0 radical (unpaired) electrons. The lowest BCUT2D eigenvalue weighted by Gasteiger charge is -2.14. The van der Waals surface area contributed by atoms with Crippen molar-refractivity contribution in [2.45, 2.75) is 33.2 Å². The van der Waals surface area contributed by atoms with Crippen LogP contribution in [0.2, 0.25) is 0 Å². The van der Waals surface area contributed by atoms with Crippen LogP contribution in [-0.4, -0.2) is 17.5 Å². The Kier molecular flexibility index (Phi) is 6.18. The van der Waals surface area contributed by atoms with E-state index in [1.54, 1.807) is 12.1 Å². The Balaban J connectivity index is 2.92. The van der Waals surface area contributed by atoms with Gasteiger partial charge in [-0.2, -0.15) is 0 Å². The van der Waals surface area contributed by atoms with Gasteiger partial charge in [0.05, 0.1) is 9.40 Å². The molecule has 0 fully saturated rings. The SMILES string of the molecule is CCCNC(C)/C(C)=C/c1ccc(Br)c([N+](=O)[O-])c1. The first-order valence-corrected chi connectivity index (χ1v) is 7.10. The molecule has 0 spiro atoms. The molecule has 0 aromatic heterocycles. The van der Waals surface area contributed by atoms with Crippen LogP contribution in [0.25, 0.3) is 6.08 Å². The molecule has 1 rings (SSSR count). The number of hydrogen-bond donors (Lipinski definition) is 1. The van der Waals surface area contributed by atoms with Crippen molar-refractivity contribution in [1.29, 1.82) is 0 Å². The molecule has 1 aromatic rings. The molecule has 1 aromatic carbocycles. The molecule has 1 unspecified atom stereocenters. The van der Waals surface area contributed by atoms with Crippen molar-refractivity contribution in [2.24, 2.45) is 0 Å². The lowest BCUT2D eigenvalue weighted by Crippen LogP contribution is -2.27. The molecule has 0 saturated carbocycles. The first-order valence-electron chi connectivity index (χ1n) is 6.31. The third-order valence-electron chi connectivity index (χ3n) is 2.94. The minimum Gasteiger partial charge on any atom is -0.311 e. The third-order valence-corrected chi connectivity index (χ3v) is 3.62. The van der Waals surface area contributed by atoms with E-state index in [1.807, 2.05) is 19.1 Å². The van der Waals surface area contributed by atoms with Gasteiger partial charge in [0.2, 0.25) is 0 Å². The minimum atomic E-state index is -0.379. The Hall–Kier alpha value is -1.20. The minimum absolute atomic E-state index is 0.0933. The fraction of sp³-hybridized carbons (Fsp3) is 0.429. The lowest BCUT2D eigenvalue weighted by atomic mass is 10.1. The normalized spacial score (nSPS) is 13.4. The maximum atomic E-state index is 10.9. The van der Waals surface area contributed by atoms with E-state index in [4.69, 9.17) is 0 Å². The molecule has 1 atom stereocenters. The zero-order valence-corrected chi connectivity index (χ0v) is 13.0. The summed E-state index contributed by atoms with van der Waals surface area (Å²) in [6, 6.07) is 5.43. The monoisotopic (exact) mass is 326 g/mol. The molecule has 0 amide bonds. The van der Waals surface area contributed by atoms with E-state index in [1.165, 1.54) is 0 Å². The van der Waals surface area contributed by atoms with E-state index >= 15 is 0 Å². The summed E-state index contributed by atoms with van der Waals surface area (Å²) in [4.78, 5) is 10.5. The smallest absolute Gasteiger partial charge is 0.284 e. The molecule has 0 saturated heterocycles. The maximum Gasteiger partial charge on any atom is 0.284 e. The zero-order valence-electron chi connectivity index (χ0n) is 11.4. The molecular formula is C14H19BrN2O2. The van der Waals surface area contributed by atoms with Gasteiger partial charge in [0.1, 0.15) is 0 Å². The van der Waals surface area contributed by atoms with Gasteiger partial charge in [-0.3, -0.25) is 10.1 Å². The van der Waals surface area contributed by atoms with Crippen molar-refractivity contribution >= 4 is 27.7 Å². The number of nitrogens with zero attached hydrogens (tertiary/aromatic N) is 1. The van der Waals surface area contributed by atoms with Crippen LogP contribution >= 0.6 is 15.9 Å². The molecule has 19 heavy (non-hydrogen) atoms. The van der Waals surface area contributed by atoms with Crippen LogP contribution < -0.4 is 5.32 Å². The predicted octanol–water partition coefficient (Wildman–Crippen LogP) is 4.15. The van der Waals surface area contributed by atoms with E-state index in [-0.39, 0.29) is 16.7 Å². The summed E-state index contributed by atoms with van der Waals surface area (Å²) in [5.41, 5.74) is 2.10. The topological polar surface area (TPSA) is 55.2 Å². The largest absolute Gasteiger partial charge is 0.311 e. The van der Waals surface area contributed by atoms with Gasteiger partial charge in [0.25, 0.3) is 5.69 Å². The standard InChI is InChI=1S/C14H19BrN2O2/c1-4-7-16-11(3)10(2)8-12-5-6-13(15)14(9-12)17(18)19/h5-6,8-9,11,16H,4,7H2,1-3H3/b10-8+. The second-order valence-electron chi connectivity index (χ2n) is 4.53. The van der Waals surface area contributed by atoms with Gasteiger partial charge in [-0.25, -0.2) is 0 Å². The van der Waals surface area contributed by atoms with Gasteiger partial charge in [0, 0.05) is 12.1 Å². The van der Waals surface area contributed by atoms with Crippen LogP contribution in [0.3, 0.4) is 0 Å². The second-order valence-corrected chi connectivity index (χ2v) is 5.39. The maximum absolute atomic E-state index is 10.9. The highest BCUT2D eigenvalue weighted by atomic mass is 79.9. The highest BCUT2D eigenvalue weighted by molar-refractivity contribution is 9.10. The van der Waals surface area contributed by atoms with Crippen molar-refractivity contribution in [3.8, 4) is 0 Å². The lowest BCUT2D eigenvalue weighted by molar-refractivity contribution is -0.385. The van der Waals surface area contributed by atoms with Crippen LogP contribution in [0, 0.1) is 10.1 Å². The Morgan fingerprint density at radius 2 is 2.26 bits per heavy atom. The average molecular weight is 327 g/mol. The molecule has 5 heteroatoms. The van der Waals surface area contributed by atoms with E-state index in [9.17, 15) is 10.1 Å². The first-order chi connectivity index (χ1) is 8.95. The number of hydrogen-bond acceptors (Lipinski definition) is 3. The van der Waals surface area contributed by atoms with Gasteiger partial charge in [-0.05, 0) is 54.4 Å². The molecule has 0 heterocycles. The molecule has 0 aliphatic rings. The van der Waals surface area contributed by atoms with Gasteiger partial charge in [-0.15, -0.1) is 0 Å². The molecule has 0 aliphatic carbocycles. The Morgan fingerprint density at radius 1 is 1.58 bits per heavy atom. The van der Waals surface area contributed by atoms with Gasteiger partial charge < -0.3 is 5.32 Å². The Morgan fingerprint density at radius 3 is 2.84 bits per heavy atom. The third kappa shape index (κ3) is 4.76. The van der Waals surface area contributed by atoms with Crippen LogP contribution in [0.4, 0.5) is 5.69 Å². The number of nitro benzene ring substituents is 1. The summed E-state index contributed by atoms with van der Waals surface area (Å²) in [5, 5.41) is 14.3. The number of rotatable bonds is 6. The molecule has 4 nitrogen and oxygen atoms in total. The molecule has 0 bridgehead atoms. The van der Waals surface area contributed by atoms with E-state index < -0.39 is 0 Å². The van der Waals surface area contributed by atoms with Crippen LogP contribution in [0.1, 0.15) is 32.8 Å². The Bertz CT molecular complexity index is 486. The summed E-state index contributed by atoms with van der Waals surface area (Å²) in [6.07, 6.45) is 3.06. The highest BCUT2D eigenvalue weighted by Gasteiger charge is 2.12. The van der Waals surface area contributed by atoms with Crippen LogP contribution in [0.15, 0.2) is 28.2 Å². The zero-order chi connectivity index (χ0) is 14.4. The fourth-order valence-corrected chi connectivity index (χ4v) is 2.06. The molecule has 0 aliphatic heterocycles. The van der Waals surface area contributed by atoms with Crippen molar-refractivity contribution in [1.82, 2.24) is 5.32 Å². The second kappa shape index (κ2) is 7.40. The van der Waals surface area contributed by atoms with E-state index in [0.717, 1.165) is 24.1 Å². The van der Waals surface area contributed by atoms with Gasteiger partial charge in [0.15, 0.2) is 0 Å². The fourth-order valence-electron chi connectivity index (χ4n) is 1.67. The average Bonchev–Trinajstić information content (AvgIpc) is 2.37. The number of nitro groups is 1. The van der Waals surface area contributed by atoms with Gasteiger partial charge in [-0.1, -0.05) is 24.6 Å². The van der Waals surface area contributed by atoms with E-state index in [2.05, 4.69) is 35.1 Å². The summed E-state index contributed by atoms with van der Waals surface area (Å²) in [7, 11) is 0. The van der Waals surface area contributed by atoms with Crippen molar-refractivity contribution < 1.29 is 4.92 Å².